The summed E-state index contributed by atoms with van der Waals surface area (Å²) in [6.45, 7) is 6.99. The number of aryl methyl sites for hydroxylation is 3. The predicted octanol–water partition coefficient (Wildman–Crippen LogP) is 3.39. The number of nitrogens with zero attached hydrogens (tertiary/aromatic N) is 2. The van der Waals surface area contributed by atoms with Crippen LogP contribution in [0.3, 0.4) is 0 Å². The Hall–Kier alpha value is -0.840. The maximum Gasteiger partial charge on any atom is 0.0596 e. The fraction of sp³-hybridized carbons (Fsp3) is 0.462. The lowest BCUT2D eigenvalue weighted by molar-refractivity contribution is 0.533. The van der Waals surface area contributed by atoms with E-state index in [2.05, 4.69) is 28.1 Å². The molecular formula is C13H18ClN3S. The highest BCUT2D eigenvalue weighted by molar-refractivity contribution is 7.10. The van der Waals surface area contributed by atoms with E-state index in [1.54, 1.807) is 11.3 Å². The topological polar surface area (TPSA) is 29.9 Å². The predicted molar refractivity (Wildman–Crippen MR) is 77.4 cm³/mol. The summed E-state index contributed by atoms with van der Waals surface area (Å²) >= 11 is 7.57. The van der Waals surface area contributed by atoms with Crippen LogP contribution in [-0.2, 0) is 13.1 Å². The second-order valence-electron chi connectivity index (χ2n) is 4.41. The van der Waals surface area contributed by atoms with Gasteiger partial charge in [0, 0.05) is 29.0 Å². The van der Waals surface area contributed by atoms with Crippen LogP contribution in [0.5, 0.6) is 0 Å². The molecule has 0 fully saturated rings. The van der Waals surface area contributed by atoms with Gasteiger partial charge in [-0.3, -0.25) is 4.68 Å². The van der Waals surface area contributed by atoms with Crippen molar-refractivity contribution >= 4 is 22.9 Å². The van der Waals surface area contributed by atoms with Gasteiger partial charge in [0.1, 0.15) is 0 Å². The van der Waals surface area contributed by atoms with Crippen LogP contribution in [0.25, 0.3) is 0 Å². The van der Waals surface area contributed by atoms with Gasteiger partial charge in [-0.05, 0) is 38.9 Å². The summed E-state index contributed by atoms with van der Waals surface area (Å²) in [5.74, 6) is 0. The van der Waals surface area contributed by atoms with Gasteiger partial charge < -0.3 is 5.32 Å². The van der Waals surface area contributed by atoms with Crippen LogP contribution in [-0.4, -0.2) is 16.3 Å². The normalized spacial score (nSPS) is 11.1. The van der Waals surface area contributed by atoms with Crippen LogP contribution in [0.1, 0.15) is 22.7 Å². The van der Waals surface area contributed by atoms with Crippen molar-refractivity contribution in [2.45, 2.75) is 33.4 Å². The summed E-state index contributed by atoms with van der Waals surface area (Å²) in [6.07, 6.45) is 1.08. The molecule has 2 rings (SSSR count). The number of halogens is 1. The van der Waals surface area contributed by atoms with Gasteiger partial charge in [-0.15, -0.1) is 11.3 Å². The maximum atomic E-state index is 5.87. The second-order valence-corrected chi connectivity index (χ2v) is 5.84. The molecule has 2 heterocycles. The fourth-order valence-corrected chi connectivity index (χ4v) is 2.96. The molecule has 0 unspecified atom stereocenters. The van der Waals surface area contributed by atoms with Gasteiger partial charge in [0.2, 0.25) is 0 Å². The summed E-state index contributed by atoms with van der Waals surface area (Å²) in [5.41, 5.74) is 2.33. The molecule has 3 nitrogen and oxygen atoms in total. The Bertz CT molecular complexity index is 504. The van der Waals surface area contributed by atoms with E-state index in [9.17, 15) is 0 Å². The van der Waals surface area contributed by atoms with Gasteiger partial charge in [0.05, 0.1) is 10.7 Å². The zero-order chi connectivity index (χ0) is 13.0. The van der Waals surface area contributed by atoms with E-state index in [1.165, 1.54) is 10.6 Å². The van der Waals surface area contributed by atoms with Crippen molar-refractivity contribution in [3.8, 4) is 0 Å². The first-order valence-corrected chi connectivity index (χ1v) is 7.35. The highest BCUT2D eigenvalue weighted by atomic mass is 35.5. The fourth-order valence-electron chi connectivity index (χ4n) is 1.91. The minimum atomic E-state index is 0.833. The number of hydrogen-bond acceptors (Lipinski definition) is 3. The van der Waals surface area contributed by atoms with Gasteiger partial charge in [0.25, 0.3) is 0 Å². The lowest BCUT2D eigenvalue weighted by atomic mass is 10.3. The Kier molecular flexibility index (Phi) is 4.80. The Morgan fingerprint density at radius 1 is 1.39 bits per heavy atom. The summed E-state index contributed by atoms with van der Waals surface area (Å²) in [7, 11) is 0. The molecule has 0 radical (unpaired) electrons. The number of rotatable bonds is 6. The third-order valence-electron chi connectivity index (χ3n) is 2.75. The zero-order valence-corrected chi connectivity index (χ0v) is 12.3. The first kappa shape index (κ1) is 13.6. The molecule has 0 saturated carbocycles. The largest absolute Gasteiger partial charge is 0.312 e. The van der Waals surface area contributed by atoms with Crippen LogP contribution >= 0.6 is 22.9 Å². The minimum Gasteiger partial charge on any atom is -0.312 e. The molecule has 0 amide bonds. The molecule has 1 N–H and O–H groups in total. The SMILES string of the molecule is Cc1cc(C)n(CCCNCc2cc(Cl)cs2)n1. The Balaban J connectivity index is 1.66. The van der Waals surface area contributed by atoms with Crippen LogP contribution in [0.2, 0.25) is 5.02 Å². The van der Waals surface area contributed by atoms with E-state index in [4.69, 9.17) is 11.6 Å². The lowest BCUT2D eigenvalue weighted by Crippen LogP contribution is -2.16. The number of thiophene rings is 1. The monoisotopic (exact) mass is 283 g/mol. The highest BCUT2D eigenvalue weighted by Crippen LogP contribution is 2.18. The number of nitrogens with one attached hydrogen (secondary N) is 1. The van der Waals surface area contributed by atoms with Crippen molar-refractivity contribution in [2.24, 2.45) is 0 Å². The first-order valence-electron chi connectivity index (χ1n) is 6.10. The summed E-state index contributed by atoms with van der Waals surface area (Å²) in [6, 6.07) is 4.13. The molecule has 18 heavy (non-hydrogen) atoms. The molecule has 0 atom stereocenters. The quantitative estimate of drug-likeness (QED) is 0.824. The molecule has 0 bridgehead atoms. The third kappa shape index (κ3) is 3.83. The average Bonchev–Trinajstić information content (AvgIpc) is 2.85. The van der Waals surface area contributed by atoms with Gasteiger partial charge in [0.15, 0.2) is 0 Å². The molecule has 2 aromatic heterocycles. The lowest BCUT2D eigenvalue weighted by Gasteiger charge is -2.05. The van der Waals surface area contributed by atoms with Crippen LogP contribution < -0.4 is 5.32 Å². The van der Waals surface area contributed by atoms with Gasteiger partial charge in [-0.2, -0.15) is 5.10 Å². The first-order chi connectivity index (χ1) is 8.65. The van der Waals surface area contributed by atoms with Gasteiger partial charge in [-0.25, -0.2) is 0 Å². The van der Waals surface area contributed by atoms with E-state index in [1.807, 2.05) is 18.4 Å². The summed E-state index contributed by atoms with van der Waals surface area (Å²) < 4.78 is 2.07. The van der Waals surface area contributed by atoms with Crippen molar-refractivity contribution in [1.82, 2.24) is 15.1 Å². The van der Waals surface area contributed by atoms with E-state index < -0.39 is 0 Å². The standard InChI is InChI=1S/C13H18ClN3S/c1-10-6-11(2)17(16-10)5-3-4-15-8-13-7-12(14)9-18-13/h6-7,9,15H,3-5,8H2,1-2H3. The smallest absolute Gasteiger partial charge is 0.0596 e. The summed E-state index contributed by atoms with van der Waals surface area (Å²) in [5, 5.41) is 10.7. The molecule has 0 aromatic carbocycles. The molecular weight excluding hydrogens is 266 g/mol. The molecule has 0 aliphatic heterocycles. The zero-order valence-electron chi connectivity index (χ0n) is 10.7. The maximum absolute atomic E-state index is 5.87. The third-order valence-corrected chi connectivity index (χ3v) is 4.03. The molecule has 0 aliphatic carbocycles. The summed E-state index contributed by atoms with van der Waals surface area (Å²) in [4.78, 5) is 1.28. The van der Waals surface area contributed by atoms with E-state index in [-0.39, 0.29) is 0 Å². The van der Waals surface area contributed by atoms with E-state index in [0.29, 0.717) is 0 Å². The minimum absolute atomic E-state index is 0.833. The highest BCUT2D eigenvalue weighted by Gasteiger charge is 2.00. The Labute approximate surface area is 117 Å². The van der Waals surface area contributed by atoms with Crippen molar-refractivity contribution in [3.63, 3.8) is 0 Å². The molecule has 2 aromatic rings. The molecule has 0 aliphatic rings. The molecule has 5 heteroatoms. The van der Waals surface area contributed by atoms with Crippen LogP contribution in [0.15, 0.2) is 17.5 Å². The Morgan fingerprint density at radius 2 is 2.22 bits per heavy atom. The second kappa shape index (κ2) is 6.36. The van der Waals surface area contributed by atoms with Crippen LogP contribution in [0.4, 0.5) is 0 Å². The van der Waals surface area contributed by atoms with Crippen molar-refractivity contribution < 1.29 is 0 Å². The van der Waals surface area contributed by atoms with Crippen LogP contribution in [0, 0.1) is 13.8 Å². The van der Waals surface area contributed by atoms with E-state index in [0.717, 1.165) is 36.8 Å². The van der Waals surface area contributed by atoms with Crippen molar-refractivity contribution in [1.29, 1.82) is 0 Å². The average molecular weight is 284 g/mol. The van der Waals surface area contributed by atoms with Crippen molar-refractivity contribution in [2.75, 3.05) is 6.54 Å². The number of hydrogen-bond donors (Lipinski definition) is 1. The molecule has 0 saturated heterocycles. The Morgan fingerprint density at radius 3 is 2.83 bits per heavy atom. The molecule has 98 valence electrons. The number of aromatic nitrogens is 2. The van der Waals surface area contributed by atoms with Gasteiger partial charge >= 0.3 is 0 Å². The van der Waals surface area contributed by atoms with Crippen molar-refractivity contribution in [3.05, 3.63) is 38.8 Å². The molecule has 0 spiro atoms. The van der Waals surface area contributed by atoms with Gasteiger partial charge in [-0.1, -0.05) is 11.6 Å². The van der Waals surface area contributed by atoms with E-state index >= 15 is 0 Å².